The molecule has 0 bridgehead atoms. The van der Waals surface area contributed by atoms with E-state index in [9.17, 15) is 9.50 Å². The molecule has 1 aromatic carbocycles. The molecule has 14 heavy (non-hydrogen) atoms. The number of halogens is 2. The largest absolute Gasteiger partial charge is 0.493 e. The van der Waals surface area contributed by atoms with Gasteiger partial charge in [-0.1, -0.05) is 11.6 Å². The van der Waals surface area contributed by atoms with Gasteiger partial charge in [-0.25, -0.2) is 4.39 Å². The third-order valence-corrected chi connectivity index (χ3v) is 2.58. The standard InChI is InChI=1S/C10H10ClFO2/c11-7-4-6-9(13)2-1-3-14-10(6)5-8(7)12/h4-5,9,13H,1-3H2/t9-/m0/s1. The Bertz CT molecular complexity index is 354. The molecule has 0 amide bonds. The molecule has 2 nitrogen and oxygen atoms in total. The fraction of sp³-hybridized carbons (Fsp3) is 0.400. The molecule has 1 N–H and O–H groups in total. The Kier molecular flexibility index (Phi) is 2.61. The molecule has 0 saturated heterocycles. The van der Waals surface area contributed by atoms with Gasteiger partial charge in [0.05, 0.1) is 17.7 Å². The minimum Gasteiger partial charge on any atom is -0.493 e. The van der Waals surface area contributed by atoms with Crippen LogP contribution in [0, 0.1) is 5.82 Å². The Morgan fingerprint density at radius 1 is 1.50 bits per heavy atom. The summed E-state index contributed by atoms with van der Waals surface area (Å²) in [5.74, 6) is -0.114. The molecule has 2 rings (SSSR count). The quantitative estimate of drug-likeness (QED) is 0.723. The van der Waals surface area contributed by atoms with Gasteiger partial charge in [0.25, 0.3) is 0 Å². The van der Waals surface area contributed by atoms with Crippen molar-refractivity contribution in [2.24, 2.45) is 0 Å². The first-order valence-electron chi connectivity index (χ1n) is 4.48. The number of aliphatic hydroxyl groups is 1. The summed E-state index contributed by atoms with van der Waals surface area (Å²) in [6.45, 7) is 0.505. The molecule has 0 spiro atoms. The van der Waals surface area contributed by atoms with Gasteiger partial charge >= 0.3 is 0 Å². The van der Waals surface area contributed by atoms with Gasteiger partial charge in [0.2, 0.25) is 0 Å². The SMILES string of the molecule is O[C@H]1CCCOc2cc(F)c(Cl)cc21. The molecule has 1 aliphatic heterocycles. The first-order chi connectivity index (χ1) is 6.68. The van der Waals surface area contributed by atoms with E-state index in [1.807, 2.05) is 0 Å². The van der Waals surface area contributed by atoms with E-state index in [4.69, 9.17) is 16.3 Å². The zero-order valence-electron chi connectivity index (χ0n) is 7.46. The molecule has 0 aromatic heterocycles. The number of benzene rings is 1. The second kappa shape index (κ2) is 3.75. The van der Waals surface area contributed by atoms with Gasteiger partial charge in [0, 0.05) is 11.6 Å². The van der Waals surface area contributed by atoms with E-state index in [0.29, 0.717) is 24.3 Å². The molecule has 0 unspecified atom stereocenters. The van der Waals surface area contributed by atoms with Crippen molar-refractivity contribution < 1.29 is 14.2 Å². The molecule has 0 radical (unpaired) electrons. The number of hydrogen-bond acceptors (Lipinski definition) is 2. The van der Waals surface area contributed by atoms with Gasteiger partial charge in [-0.15, -0.1) is 0 Å². The van der Waals surface area contributed by atoms with E-state index in [2.05, 4.69) is 0 Å². The summed E-state index contributed by atoms with van der Waals surface area (Å²) in [6.07, 6.45) is 0.773. The summed E-state index contributed by atoms with van der Waals surface area (Å²) in [5.41, 5.74) is 0.578. The summed E-state index contributed by atoms with van der Waals surface area (Å²) in [4.78, 5) is 0. The second-order valence-corrected chi connectivity index (χ2v) is 3.72. The topological polar surface area (TPSA) is 29.5 Å². The number of aliphatic hydroxyl groups excluding tert-OH is 1. The van der Waals surface area contributed by atoms with E-state index < -0.39 is 11.9 Å². The van der Waals surface area contributed by atoms with Crippen LogP contribution in [0.1, 0.15) is 24.5 Å². The molecular formula is C10H10ClFO2. The van der Waals surface area contributed by atoms with Crippen LogP contribution in [0.25, 0.3) is 0 Å². The Morgan fingerprint density at radius 3 is 3.07 bits per heavy atom. The number of fused-ring (bicyclic) bond motifs is 1. The van der Waals surface area contributed by atoms with Crippen LogP contribution in [-0.2, 0) is 0 Å². The average Bonchev–Trinajstić information content (AvgIpc) is 2.31. The van der Waals surface area contributed by atoms with Crippen LogP contribution >= 0.6 is 11.6 Å². The number of rotatable bonds is 0. The van der Waals surface area contributed by atoms with Gasteiger partial charge < -0.3 is 9.84 Å². The van der Waals surface area contributed by atoms with Crippen molar-refractivity contribution in [3.8, 4) is 5.75 Å². The van der Waals surface area contributed by atoms with E-state index >= 15 is 0 Å². The van der Waals surface area contributed by atoms with Crippen LogP contribution in [0.3, 0.4) is 0 Å². The summed E-state index contributed by atoms with van der Waals surface area (Å²) >= 11 is 5.62. The minimum absolute atomic E-state index is 0.0216. The van der Waals surface area contributed by atoms with Crippen LogP contribution in [0.4, 0.5) is 4.39 Å². The zero-order valence-corrected chi connectivity index (χ0v) is 8.22. The third-order valence-electron chi connectivity index (χ3n) is 2.29. The highest BCUT2D eigenvalue weighted by Gasteiger charge is 2.19. The normalized spacial score (nSPS) is 20.9. The lowest BCUT2D eigenvalue weighted by Gasteiger charge is -2.11. The van der Waals surface area contributed by atoms with Crippen LogP contribution in [-0.4, -0.2) is 11.7 Å². The van der Waals surface area contributed by atoms with Crippen molar-refractivity contribution in [3.05, 3.63) is 28.5 Å². The highest BCUT2D eigenvalue weighted by Crippen LogP contribution is 2.34. The predicted molar refractivity (Wildman–Crippen MR) is 51.1 cm³/mol. The Labute approximate surface area is 86.3 Å². The van der Waals surface area contributed by atoms with Gasteiger partial charge in [0.1, 0.15) is 11.6 Å². The van der Waals surface area contributed by atoms with Gasteiger partial charge in [0.15, 0.2) is 0 Å². The highest BCUT2D eigenvalue weighted by atomic mass is 35.5. The number of hydrogen-bond donors (Lipinski definition) is 1. The summed E-state index contributed by atoms with van der Waals surface area (Å²) in [6, 6.07) is 2.66. The molecule has 0 saturated carbocycles. The molecule has 1 atom stereocenters. The maximum absolute atomic E-state index is 13.1. The fourth-order valence-electron chi connectivity index (χ4n) is 1.54. The third kappa shape index (κ3) is 1.70. The summed E-state index contributed by atoms with van der Waals surface area (Å²) < 4.78 is 18.4. The van der Waals surface area contributed by atoms with E-state index in [0.717, 1.165) is 6.42 Å². The lowest BCUT2D eigenvalue weighted by atomic mass is 10.1. The Morgan fingerprint density at radius 2 is 2.29 bits per heavy atom. The maximum atomic E-state index is 13.1. The Hall–Kier alpha value is -0.800. The van der Waals surface area contributed by atoms with Gasteiger partial charge in [-0.2, -0.15) is 0 Å². The van der Waals surface area contributed by atoms with E-state index in [1.54, 1.807) is 0 Å². The first-order valence-corrected chi connectivity index (χ1v) is 4.86. The average molecular weight is 217 g/mol. The van der Waals surface area contributed by atoms with Crippen molar-refractivity contribution >= 4 is 11.6 Å². The maximum Gasteiger partial charge on any atom is 0.145 e. The van der Waals surface area contributed by atoms with Crippen molar-refractivity contribution in [3.63, 3.8) is 0 Å². The molecule has 0 fully saturated rings. The van der Waals surface area contributed by atoms with Gasteiger partial charge in [-0.05, 0) is 18.9 Å². The number of ether oxygens (including phenoxy) is 1. The van der Waals surface area contributed by atoms with Crippen LogP contribution in [0.15, 0.2) is 12.1 Å². The lowest BCUT2D eigenvalue weighted by Crippen LogP contribution is -1.97. The predicted octanol–water partition coefficient (Wildman–Crippen LogP) is 2.69. The molecule has 1 aliphatic rings. The van der Waals surface area contributed by atoms with Crippen molar-refractivity contribution in [1.82, 2.24) is 0 Å². The monoisotopic (exact) mass is 216 g/mol. The van der Waals surface area contributed by atoms with E-state index in [-0.39, 0.29) is 5.02 Å². The molecule has 1 heterocycles. The molecule has 76 valence electrons. The smallest absolute Gasteiger partial charge is 0.145 e. The van der Waals surface area contributed by atoms with Crippen LogP contribution in [0.5, 0.6) is 5.75 Å². The lowest BCUT2D eigenvalue weighted by molar-refractivity contribution is 0.167. The second-order valence-electron chi connectivity index (χ2n) is 3.31. The van der Waals surface area contributed by atoms with Crippen LogP contribution in [0.2, 0.25) is 5.02 Å². The summed E-state index contributed by atoms with van der Waals surface area (Å²) in [7, 11) is 0. The van der Waals surface area contributed by atoms with Crippen LogP contribution < -0.4 is 4.74 Å². The minimum atomic E-state index is -0.606. The van der Waals surface area contributed by atoms with Crippen molar-refractivity contribution in [1.29, 1.82) is 0 Å². The fourth-order valence-corrected chi connectivity index (χ4v) is 1.72. The molecule has 4 heteroatoms. The first kappa shape index (κ1) is 9.74. The Balaban J connectivity index is 2.49. The van der Waals surface area contributed by atoms with Gasteiger partial charge in [-0.3, -0.25) is 0 Å². The zero-order chi connectivity index (χ0) is 10.1. The van der Waals surface area contributed by atoms with Crippen molar-refractivity contribution in [2.45, 2.75) is 18.9 Å². The van der Waals surface area contributed by atoms with E-state index in [1.165, 1.54) is 12.1 Å². The highest BCUT2D eigenvalue weighted by molar-refractivity contribution is 6.30. The molecular weight excluding hydrogens is 207 g/mol. The molecule has 1 aromatic rings. The summed E-state index contributed by atoms with van der Waals surface area (Å²) in [5, 5.41) is 9.72. The molecule has 0 aliphatic carbocycles. The van der Waals surface area contributed by atoms with Crippen molar-refractivity contribution in [2.75, 3.05) is 6.61 Å².